The van der Waals surface area contributed by atoms with Crippen LogP contribution in [0.25, 0.3) is 0 Å². The Labute approximate surface area is 129 Å². The Morgan fingerprint density at radius 2 is 1.74 bits per heavy atom. The Balaban J connectivity index is 1.98. The Morgan fingerprint density at radius 3 is 2.47 bits per heavy atom. The molecular weight excluding hydrogens is 352 g/mol. The summed E-state index contributed by atoms with van der Waals surface area (Å²) in [6.45, 7) is 0.992. The Morgan fingerprint density at radius 1 is 1.00 bits per heavy atom. The van der Waals surface area contributed by atoms with Crippen molar-refractivity contribution in [3.63, 3.8) is 0 Å². The largest absolute Gasteiger partial charge is 0.308 e. The molecule has 0 aliphatic heterocycles. The van der Waals surface area contributed by atoms with E-state index in [0.29, 0.717) is 28.7 Å². The summed E-state index contributed by atoms with van der Waals surface area (Å²) in [5.74, 6) is -0.224. The van der Waals surface area contributed by atoms with E-state index in [0.717, 1.165) is 10.0 Å². The number of benzene rings is 2. The van der Waals surface area contributed by atoms with Crippen LogP contribution in [0.2, 0.25) is 10.0 Å². The van der Waals surface area contributed by atoms with Crippen LogP contribution in [-0.4, -0.2) is 0 Å². The highest BCUT2D eigenvalue weighted by atomic mass is 79.9. The van der Waals surface area contributed by atoms with Gasteiger partial charge in [-0.1, -0.05) is 45.2 Å². The zero-order chi connectivity index (χ0) is 13.8. The molecule has 19 heavy (non-hydrogen) atoms. The van der Waals surface area contributed by atoms with Crippen LogP contribution in [0.4, 0.5) is 4.39 Å². The first-order valence-corrected chi connectivity index (χ1v) is 7.20. The van der Waals surface area contributed by atoms with Crippen LogP contribution in [0.5, 0.6) is 0 Å². The molecule has 1 N–H and O–H groups in total. The highest BCUT2D eigenvalue weighted by molar-refractivity contribution is 9.10. The predicted molar refractivity (Wildman–Crippen MR) is 81.1 cm³/mol. The summed E-state index contributed by atoms with van der Waals surface area (Å²) in [5, 5.41) is 4.37. The van der Waals surface area contributed by atoms with Crippen LogP contribution >= 0.6 is 39.1 Å². The highest BCUT2D eigenvalue weighted by Gasteiger charge is 2.04. The minimum Gasteiger partial charge on any atom is -0.308 e. The van der Waals surface area contributed by atoms with E-state index in [-0.39, 0.29) is 5.82 Å². The monoisotopic (exact) mass is 361 g/mol. The minimum atomic E-state index is -0.224. The lowest BCUT2D eigenvalue weighted by atomic mass is 10.2. The summed E-state index contributed by atoms with van der Waals surface area (Å²) in [6.07, 6.45) is 0. The lowest BCUT2D eigenvalue weighted by Crippen LogP contribution is -2.14. The smallest absolute Gasteiger partial charge is 0.127 e. The van der Waals surface area contributed by atoms with Crippen molar-refractivity contribution in [2.45, 2.75) is 13.1 Å². The van der Waals surface area contributed by atoms with Crippen molar-refractivity contribution in [3.05, 3.63) is 67.9 Å². The van der Waals surface area contributed by atoms with Crippen LogP contribution in [0.3, 0.4) is 0 Å². The molecule has 0 heterocycles. The predicted octanol–water partition coefficient (Wildman–Crippen LogP) is 5.18. The van der Waals surface area contributed by atoms with Gasteiger partial charge in [0.05, 0.1) is 0 Å². The second kappa shape index (κ2) is 6.71. The maximum absolute atomic E-state index is 13.5. The Bertz CT molecular complexity index is 590. The van der Waals surface area contributed by atoms with Crippen molar-refractivity contribution in [1.29, 1.82) is 0 Å². The summed E-state index contributed by atoms with van der Waals surface area (Å²) < 4.78 is 14.4. The number of rotatable bonds is 4. The van der Waals surface area contributed by atoms with Crippen molar-refractivity contribution < 1.29 is 4.39 Å². The third-order valence-corrected chi connectivity index (χ3v) is 3.73. The SMILES string of the molecule is Fc1ccc(Br)cc1CNCc1ccc(Cl)cc1Cl. The highest BCUT2D eigenvalue weighted by Crippen LogP contribution is 2.21. The van der Waals surface area contributed by atoms with Gasteiger partial charge in [-0.05, 0) is 35.9 Å². The van der Waals surface area contributed by atoms with Gasteiger partial charge in [0.2, 0.25) is 0 Å². The topological polar surface area (TPSA) is 12.0 Å². The van der Waals surface area contributed by atoms with Crippen molar-refractivity contribution in [2.75, 3.05) is 0 Å². The molecule has 1 nitrogen and oxygen atoms in total. The van der Waals surface area contributed by atoms with Gasteiger partial charge < -0.3 is 5.32 Å². The van der Waals surface area contributed by atoms with E-state index in [1.54, 1.807) is 24.3 Å². The van der Waals surface area contributed by atoms with E-state index in [2.05, 4.69) is 21.2 Å². The molecular formula is C14H11BrCl2FN. The quantitative estimate of drug-likeness (QED) is 0.789. The lowest BCUT2D eigenvalue weighted by molar-refractivity contribution is 0.587. The molecule has 0 unspecified atom stereocenters. The van der Waals surface area contributed by atoms with Crippen molar-refractivity contribution in [3.8, 4) is 0 Å². The maximum atomic E-state index is 13.5. The van der Waals surface area contributed by atoms with E-state index in [1.165, 1.54) is 6.07 Å². The summed E-state index contributed by atoms with van der Waals surface area (Å²) in [5.41, 5.74) is 1.54. The van der Waals surface area contributed by atoms with E-state index in [4.69, 9.17) is 23.2 Å². The van der Waals surface area contributed by atoms with Gasteiger partial charge in [0.15, 0.2) is 0 Å². The minimum absolute atomic E-state index is 0.224. The first-order valence-electron chi connectivity index (χ1n) is 5.65. The first-order chi connectivity index (χ1) is 9.06. The van der Waals surface area contributed by atoms with Gasteiger partial charge in [0.25, 0.3) is 0 Å². The molecule has 0 aliphatic rings. The third kappa shape index (κ3) is 4.18. The summed E-state index contributed by atoms with van der Waals surface area (Å²) in [7, 11) is 0. The van der Waals surface area contributed by atoms with Gasteiger partial charge in [-0.15, -0.1) is 0 Å². The van der Waals surface area contributed by atoms with Gasteiger partial charge in [0, 0.05) is 33.2 Å². The Hall–Kier alpha value is -0.610. The first kappa shape index (κ1) is 14.8. The fraction of sp³-hybridized carbons (Fsp3) is 0.143. The molecule has 2 rings (SSSR count). The van der Waals surface area contributed by atoms with Gasteiger partial charge in [0.1, 0.15) is 5.82 Å². The van der Waals surface area contributed by atoms with Gasteiger partial charge in [-0.2, -0.15) is 0 Å². The summed E-state index contributed by atoms with van der Waals surface area (Å²) in [4.78, 5) is 0. The zero-order valence-electron chi connectivity index (χ0n) is 9.89. The molecule has 0 aromatic heterocycles. The van der Waals surface area contributed by atoms with Crippen molar-refractivity contribution >= 4 is 39.1 Å². The normalized spacial score (nSPS) is 10.7. The lowest BCUT2D eigenvalue weighted by Gasteiger charge is -2.08. The Kier molecular flexibility index (Phi) is 5.22. The fourth-order valence-corrected chi connectivity index (χ4v) is 2.56. The second-order valence-corrected chi connectivity index (χ2v) is 5.83. The maximum Gasteiger partial charge on any atom is 0.127 e. The molecule has 0 saturated heterocycles. The number of hydrogen-bond donors (Lipinski definition) is 1. The standard InChI is InChI=1S/C14H11BrCl2FN/c15-11-2-4-14(18)10(5-11)8-19-7-9-1-3-12(16)6-13(9)17/h1-6,19H,7-8H2. The number of halogens is 4. The molecule has 0 atom stereocenters. The van der Waals surface area contributed by atoms with E-state index >= 15 is 0 Å². The van der Waals surface area contributed by atoms with E-state index in [9.17, 15) is 4.39 Å². The molecule has 2 aromatic rings. The molecule has 0 saturated carbocycles. The average Bonchev–Trinajstić information content (AvgIpc) is 2.36. The van der Waals surface area contributed by atoms with Crippen molar-refractivity contribution in [1.82, 2.24) is 5.32 Å². The van der Waals surface area contributed by atoms with Crippen LogP contribution in [0.1, 0.15) is 11.1 Å². The zero-order valence-corrected chi connectivity index (χ0v) is 13.0. The molecule has 100 valence electrons. The van der Waals surface area contributed by atoms with Crippen LogP contribution in [0, 0.1) is 5.82 Å². The van der Waals surface area contributed by atoms with E-state index < -0.39 is 0 Å². The van der Waals surface area contributed by atoms with Gasteiger partial charge >= 0.3 is 0 Å². The second-order valence-electron chi connectivity index (χ2n) is 4.08. The molecule has 0 amide bonds. The molecule has 0 radical (unpaired) electrons. The molecule has 2 aromatic carbocycles. The molecule has 0 aliphatic carbocycles. The third-order valence-electron chi connectivity index (χ3n) is 2.65. The van der Waals surface area contributed by atoms with Crippen LogP contribution in [-0.2, 0) is 13.1 Å². The summed E-state index contributed by atoms with van der Waals surface area (Å²) >= 11 is 15.2. The number of nitrogens with one attached hydrogen (secondary N) is 1. The molecule has 0 bridgehead atoms. The molecule has 5 heteroatoms. The molecule has 0 fully saturated rings. The average molecular weight is 363 g/mol. The summed E-state index contributed by atoms with van der Waals surface area (Å²) in [6, 6.07) is 10.2. The van der Waals surface area contributed by atoms with Gasteiger partial charge in [-0.25, -0.2) is 4.39 Å². The van der Waals surface area contributed by atoms with Crippen LogP contribution in [0.15, 0.2) is 40.9 Å². The number of hydrogen-bond acceptors (Lipinski definition) is 1. The van der Waals surface area contributed by atoms with Crippen molar-refractivity contribution in [2.24, 2.45) is 0 Å². The fourth-order valence-electron chi connectivity index (χ4n) is 1.68. The van der Waals surface area contributed by atoms with Crippen LogP contribution < -0.4 is 5.32 Å². The van der Waals surface area contributed by atoms with Gasteiger partial charge in [-0.3, -0.25) is 0 Å². The van der Waals surface area contributed by atoms with E-state index in [1.807, 2.05) is 6.07 Å². The molecule has 0 spiro atoms.